The molecule has 6 heteroatoms. The van der Waals surface area contributed by atoms with Crippen molar-refractivity contribution >= 4 is 39.3 Å². The Morgan fingerprint density at radius 2 is 2.33 bits per heavy atom. The monoisotopic (exact) mass is 279 g/mol. The van der Waals surface area contributed by atoms with E-state index in [1.165, 1.54) is 0 Å². The largest absolute Gasteiger partial charge is 0.364 e. The van der Waals surface area contributed by atoms with Crippen molar-refractivity contribution in [2.75, 3.05) is 0 Å². The minimum Gasteiger partial charge on any atom is -0.364 e. The lowest BCUT2D eigenvalue weighted by Crippen LogP contribution is -2.12. The van der Waals surface area contributed by atoms with E-state index < -0.39 is 16.8 Å². The van der Waals surface area contributed by atoms with Gasteiger partial charge in [-0.1, -0.05) is 11.6 Å². The van der Waals surface area contributed by atoms with Gasteiger partial charge in [-0.2, -0.15) is 10.9 Å². The van der Waals surface area contributed by atoms with E-state index in [-0.39, 0.29) is 0 Å². The van der Waals surface area contributed by atoms with Gasteiger partial charge in [0.2, 0.25) is 0 Å². The highest BCUT2D eigenvalue weighted by Gasteiger charge is 2.20. The van der Waals surface area contributed by atoms with Gasteiger partial charge in [0.1, 0.15) is 5.69 Å². The maximum atomic E-state index is 11.5. The van der Waals surface area contributed by atoms with Crippen molar-refractivity contribution in [3.8, 4) is 0 Å². The topological polar surface area (TPSA) is 71.8 Å². The number of amides is 1. The smallest absolute Gasteiger partial charge is 0.266 e. The van der Waals surface area contributed by atoms with Crippen molar-refractivity contribution in [3.05, 3.63) is 46.1 Å². The van der Waals surface area contributed by atoms with E-state index in [0.29, 0.717) is 10.7 Å². The fraction of sp³-hybridized carbons (Fsp3) is 0. The lowest BCUT2D eigenvalue weighted by molar-refractivity contribution is 0.0993. The molecule has 0 fully saturated rings. The Labute approximate surface area is 111 Å². The number of fused-ring (bicyclic) bond motifs is 1. The molecule has 1 unspecified atom stereocenters. The number of hydrogen-bond acceptors (Lipinski definition) is 2. The molecule has 0 saturated carbocycles. The van der Waals surface area contributed by atoms with E-state index in [1.54, 1.807) is 12.4 Å². The molecule has 3 N–H and O–H groups in total. The van der Waals surface area contributed by atoms with Crippen molar-refractivity contribution in [1.29, 1.82) is 0 Å². The molecule has 1 amide bonds. The molecule has 92 valence electrons. The number of rotatable bonds is 2. The summed E-state index contributed by atoms with van der Waals surface area (Å²) in [5.41, 5.74) is 6.68. The Kier molecular flexibility index (Phi) is 2.65. The van der Waals surface area contributed by atoms with E-state index in [4.69, 9.17) is 17.3 Å². The number of nitrogens with zero attached hydrogens (tertiary/aromatic N) is 1. The van der Waals surface area contributed by atoms with Gasteiger partial charge in [-0.05, 0) is 23.0 Å². The molecule has 1 aliphatic heterocycles. The van der Waals surface area contributed by atoms with Crippen LogP contribution in [-0.4, -0.2) is 15.9 Å². The van der Waals surface area contributed by atoms with Crippen LogP contribution >= 0.6 is 22.5 Å². The quantitative estimate of drug-likeness (QED) is 0.740. The van der Waals surface area contributed by atoms with Gasteiger partial charge in [-0.25, -0.2) is 0 Å². The molecule has 0 saturated heterocycles. The fourth-order valence-corrected chi connectivity index (χ4v) is 4.39. The Hall–Kier alpha value is -1.72. The van der Waals surface area contributed by atoms with Crippen LogP contribution in [-0.2, 0) is 0 Å². The van der Waals surface area contributed by atoms with Crippen LogP contribution in [0.5, 0.6) is 0 Å². The molecule has 2 aromatic rings. The van der Waals surface area contributed by atoms with Crippen LogP contribution in [0.15, 0.2) is 45.3 Å². The molecular formula is C12H10ClN3OS. The number of H-pyrrole nitrogens is 1. The van der Waals surface area contributed by atoms with Crippen LogP contribution in [0.4, 0.5) is 0 Å². The molecular weight excluding hydrogens is 270 g/mol. The number of primary amides is 1. The molecule has 3 heterocycles. The molecule has 0 radical (unpaired) electrons. The number of aromatic amines is 1. The summed E-state index contributed by atoms with van der Waals surface area (Å²) in [6.45, 7) is 0. The highest BCUT2D eigenvalue weighted by atomic mass is 35.5. The highest BCUT2D eigenvalue weighted by molar-refractivity contribution is 8.22. The van der Waals surface area contributed by atoms with Gasteiger partial charge in [0.05, 0.1) is 11.7 Å². The number of thiol groups is 1. The third-order valence-corrected chi connectivity index (χ3v) is 5.13. The first-order valence-corrected chi connectivity index (χ1v) is 7.12. The van der Waals surface area contributed by atoms with E-state index in [1.807, 2.05) is 23.0 Å². The Morgan fingerprint density at radius 1 is 1.50 bits per heavy atom. The molecule has 4 nitrogen and oxygen atoms in total. The molecule has 1 atom stereocenters. The van der Waals surface area contributed by atoms with Gasteiger partial charge in [0.25, 0.3) is 5.91 Å². The number of halogens is 1. The van der Waals surface area contributed by atoms with E-state index >= 15 is 0 Å². The molecule has 3 rings (SSSR count). The number of nitrogens with two attached hydrogens (primary N) is 1. The molecule has 0 bridgehead atoms. The summed E-state index contributed by atoms with van der Waals surface area (Å²) in [4.78, 5) is 19.5. The number of aromatic nitrogens is 2. The summed E-state index contributed by atoms with van der Waals surface area (Å²) in [5.74, 6) is -0.464. The SMILES string of the molecule is NC(=O)c1[nH]c2cnccc2c1[SH]1C=CC(Cl)=C1. The second kappa shape index (κ2) is 4.19. The van der Waals surface area contributed by atoms with Crippen LogP contribution in [0.3, 0.4) is 0 Å². The van der Waals surface area contributed by atoms with Crippen LogP contribution in [0.1, 0.15) is 10.5 Å². The summed E-state index contributed by atoms with van der Waals surface area (Å²) in [7, 11) is -0.730. The Bertz CT molecular complexity index is 704. The molecule has 0 aliphatic carbocycles. The number of hydrogen-bond donors (Lipinski definition) is 3. The van der Waals surface area contributed by atoms with Gasteiger partial charge in [0.15, 0.2) is 0 Å². The van der Waals surface area contributed by atoms with Gasteiger partial charge in [0, 0.05) is 21.5 Å². The predicted molar refractivity (Wildman–Crippen MR) is 74.9 cm³/mol. The first-order valence-electron chi connectivity index (χ1n) is 5.26. The van der Waals surface area contributed by atoms with E-state index in [9.17, 15) is 4.79 Å². The van der Waals surface area contributed by atoms with Gasteiger partial charge < -0.3 is 10.7 Å². The number of allylic oxidation sites excluding steroid dienone is 2. The number of carbonyl (C=O) groups excluding carboxylic acids is 1. The lowest BCUT2D eigenvalue weighted by Gasteiger charge is -2.10. The molecule has 2 aromatic heterocycles. The Balaban J connectivity index is 2.28. The molecule has 0 aromatic carbocycles. The molecule has 0 spiro atoms. The third kappa shape index (κ3) is 1.72. The van der Waals surface area contributed by atoms with Gasteiger partial charge >= 0.3 is 0 Å². The zero-order chi connectivity index (χ0) is 12.7. The zero-order valence-electron chi connectivity index (χ0n) is 9.22. The van der Waals surface area contributed by atoms with Crippen LogP contribution in [0.25, 0.3) is 10.9 Å². The number of pyridine rings is 1. The average molecular weight is 280 g/mol. The van der Waals surface area contributed by atoms with Crippen LogP contribution in [0, 0.1) is 0 Å². The normalized spacial score (nSPS) is 20.3. The van der Waals surface area contributed by atoms with E-state index in [2.05, 4.69) is 9.97 Å². The molecule has 18 heavy (non-hydrogen) atoms. The first-order chi connectivity index (χ1) is 8.66. The minimum absolute atomic E-state index is 0.441. The lowest BCUT2D eigenvalue weighted by atomic mass is 10.3. The van der Waals surface area contributed by atoms with Crippen molar-refractivity contribution < 1.29 is 4.79 Å². The van der Waals surface area contributed by atoms with Crippen molar-refractivity contribution in [2.24, 2.45) is 5.73 Å². The van der Waals surface area contributed by atoms with E-state index in [0.717, 1.165) is 15.8 Å². The van der Waals surface area contributed by atoms with Crippen molar-refractivity contribution in [3.63, 3.8) is 0 Å². The van der Waals surface area contributed by atoms with Crippen LogP contribution < -0.4 is 5.73 Å². The Morgan fingerprint density at radius 3 is 3.00 bits per heavy atom. The van der Waals surface area contributed by atoms with Gasteiger partial charge in [-0.3, -0.25) is 9.78 Å². The maximum Gasteiger partial charge on any atom is 0.266 e. The second-order valence-electron chi connectivity index (χ2n) is 3.87. The fourth-order valence-electron chi connectivity index (χ4n) is 1.99. The summed E-state index contributed by atoms with van der Waals surface area (Å²) in [6, 6.07) is 1.88. The summed E-state index contributed by atoms with van der Waals surface area (Å²) >= 11 is 5.96. The first kappa shape index (κ1) is 11.4. The summed E-state index contributed by atoms with van der Waals surface area (Å²) in [6.07, 6.45) is 5.23. The van der Waals surface area contributed by atoms with Crippen LogP contribution in [0.2, 0.25) is 0 Å². The third-order valence-electron chi connectivity index (χ3n) is 2.73. The minimum atomic E-state index is -0.730. The van der Waals surface area contributed by atoms with Crippen molar-refractivity contribution in [1.82, 2.24) is 9.97 Å². The number of nitrogens with one attached hydrogen (secondary N) is 1. The van der Waals surface area contributed by atoms with Gasteiger partial charge in [-0.15, -0.1) is 0 Å². The zero-order valence-corrected chi connectivity index (χ0v) is 10.9. The second-order valence-corrected chi connectivity index (χ2v) is 6.13. The van der Waals surface area contributed by atoms with Crippen molar-refractivity contribution in [2.45, 2.75) is 4.90 Å². The average Bonchev–Trinajstić information content (AvgIpc) is 2.92. The standard InChI is InChI=1S/C12H10ClN3OS/c13-7-2-4-18(6-7)11-8-1-3-15-5-9(8)16-10(11)12(14)17/h1-6,16,18H,(H2,14,17). The summed E-state index contributed by atoms with van der Waals surface area (Å²) in [5, 5.41) is 5.62. The maximum absolute atomic E-state index is 11.5. The highest BCUT2D eigenvalue weighted by Crippen LogP contribution is 2.49. The molecule has 1 aliphatic rings. The number of carbonyl (C=O) groups is 1. The predicted octanol–water partition coefficient (Wildman–Crippen LogP) is 2.63. The summed E-state index contributed by atoms with van der Waals surface area (Å²) < 4.78 is 0.